The monoisotopic (exact) mass is 440 g/mol. The normalized spacial score (nSPS) is 15.6. The average Bonchev–Trinajstić information content (AvgIpc) is 3.21. The van der Waals surface area contributed by atoms with Gasteiger partial charge in [-0.25, -0.2) is 8.42 Å². The van der Waals surface area contributed by atoms with Crippen molar-refractivity contribution in [3.05, 3.63) is 71.6 Å². The second-order valence-corrected chi connectivity index (χ2v) is 9.58. The van der Waals surface area contributed by atoms with Crippen LogP contribution >= 0.6 is 0 Å². The van der Waals surface area contributed by atoms with E-state index in [9.17, 15) is 13.2 Å². The first kappa shape index (κ1) is 21.2. The molecule has 0 atom stereocenters. The number of nitrogens with zero attached hydrogens (tertiary/aromatic N) is 3. The highest BCUT2D eigenvalue weighted by Crippen LogP contribution is 2.25. The Labute approximate surface area is 181 Å². The molecule has 2 aromatic carbocycles. The molecule has 0 spiro atoms. The number of sulfonamides is 1. The molecule has 1 saturated heterocycles. The maximum absolute atomic E-state index is 12.8. The number of nitrogens with one attached hydrogen (secondary N) is 1. The molecular weight excluding hydrogens is 416 g/mol. The summed E-state index contributed by atoms with van der Waals surface area (Å²) in [7, 11) is -3.55. The van der Waals surface area contributed by atoms with Gasteiger partial charge >= 0.3 is 6.01 Å². The van der Waals surface area contributed by atoms with Crippen LogP contribution in [0.5, 0.6) is 0 Å². The highest BCUT2D eigenvalue weighted by atomic mass is 32.2. The van der Waals surface area contributed by atoms with E-state index in [1.165, 1.54) is 4.31 Å². The molecular formula is C22H24N4O4S. The molecule has 1 N–H and O–H groups in total. The van der Waals surface area contributed by atoms with Crippen LogP contribution in [-0.4, -0.2) is 41.9 Å². The van der Waals surface area contributed by atoms with Gasteiger partial charge in [-0.3, -0.25) is 10.1 Å². The fourth-order valence-electron chi connectivity index (χ4n) is 3.57. The van der Waals surface area contributed by atoms with E-state index in [0.29, 0.717) is 25.2 Å². The smallest absolute Gasteiger partial charge is 0.322 e. The molecule has 4 rings (SSSR count). The number of anilines is 1. The van der Waals surface area contributed by atoms with Gasteiger partial charge < -0.3 is 4.42 Å². The van der Waals surface area contributed by atoms with Crippen LogP contribution in [0.2, 0.25) is 0 Å². The zero-order chi connectivity index (χ0) is 21.8. The second kappa shape index (κ2) is 8.99. The molecule has 31 heavy (non-hydrogen) atoms. The largest absolute Gasteiger partial charge is 0.407 e. The number of carbonyl (C=O) groups is 1. The minimum atomic E-state index is -3.55. The van der Waals surface area contributed by atoms with E-state index in [1.54, 1.807) is 24.3 Å². The van der Waals surface area contributed by atoms with E-state index < -0.39 is 10.0 Å². The van der Waals surface area contributed by atoms with Crippen molar-refractivity contribution in [3.8, 4) is 0 Å². The van der Waals surface area contributed by atoms with Gasteiger partial charge in [0.1, 0.15) is 0 Å². The summed E-state index contributed by atoms with van der Waals surface area (Å²) in [6.45, 7) is 2.49. The molecule has 8 nitrogen and oxygen atoms in total. The Morgan fingerprint density at radius 3 is 2.42 bits per heavy atom. The van der Waals surface area contributed by atoms with E-state index in [2.05, 4.69) is 15.5 Å². The summed E-state index contributed by atoms with van der Waals surface area (Å²) in [4.78, 5) is 12.9. The first-order chi connectivity index (χ1) is 14.9. The van der Waals surface area contributed by atoms with Gasteiger partial charge in [0.15, 0.2) is 0 Å². The van der Waals surface area contributed by atoms with Crippen molar-refractivity contribution in [3.63, 3.8) is 0 Å². The third kappa shape index (κ3) is 5.00. The van der Waals surface area contributed by atoms with Crippen LogP contribution in [0.1, 0.15) is 29.9 Å². The van der Waals surface area contributed by atoms with Crippen LogP contribution in [0.15, 0.2) is 63.9 Å². The Balaban J connectivity index is 1.32. The van der Waals surface area contributed by atoms with Gasteiger partial charge in [0.2, 0.25) is 21.8 Å². The number of carbonyl (C=O) groups excluding carboxylic acids is 1. The molecule has 0 radical (unpaired) electrons. The fraction of sp³-hybridized carbons (Fsp3) is 0.318. The molecule has 1 aromatic heterocycles. The SMILES string of the molecule is Cc1ccc(S(=O)(=O)N2CCC(C(=O)Nc3nnc(Cc4ccccc4)o3)CC2)cc1. The Kier molecular flexibility index (Phi) is 6.15. The number of hydrogen-bond acceptors (Lipinski definition) is 6. The summed E-state index contributed by atoms with van der Waals surface area (Å²) < 4.78 is 32.6. The Bertz CT molecular complexity index is 1140. The van der Waals surface area contributed by atoms with Crippen LogP contribution in [0.25, 0.3) is 0 Å². The molecule has 0 saturated carbocycles. The fourth-order valence-corrected chi connectivity index (χ4v) is 5.04. The van der Waals surface area contributed by atoms with Crippen LogP contribution < -0.4 is 5.32 Å². The van der Waals surface area contributed by atoms with Crippen molar-refractivity contribution in [2.45, 2.75) is 31.1 Å². The minimum absolute atomic E-state index is 0.0608. The van der Waals surface area contributed by atoms with E-state index in [0.717, 1.165) is 11.1 Å². The molecule has 0 unspecified atom stereocenters. The van der Waals surface area contributed by atoms with Gasteiger partial charge in [-0.05, 0) is 37.5 Å². The summed E-state index contributed by atoms with van der Waals surface area (Å²) in [6, 6.07) is 16.6. The van der Waals surface area contributed by atoms with Crippen LogP contribution in [0.3, 0.4) is 0 Å². The minimum Gasteiger partial charge on any atom is -0.407 e. The lowest BCUT2D eigenvalue weighted by Crippen LogP contribution is -2.41. The number of aromatic nitrogens is 2. The van der Waals surface area contributed by atoms with Gasteiger partial charge in [-0.1, -0.05) is 53.1 Å². The summed E-state index contributed by atoms with van der Waals surface area (Å²) >= 11 is 0. The zero-order valence-corrected chi connectivity index (χ0v) is 18.0. The number of amides is 1. The molecule has 0 aliphatic carbocycles. The van der Waals surface area contributed by atoms with Gasteiger partial charge in [0, 0.05) is 19.0 Å². The predicted octanol–water partition coefficient (Wildman–Crippen LogP) is 3.01. The van der Waals surface area contributed by atoms with Crippen molar-refractivity contribution in [2.24, 2.45) is 5.92 Å². The molecule has 0 bridgehead atoms. The zero-order valence-electron chi connectivity index (χ0n) is 17.2. The molecule has 1 aliphatic rings. The molecule has 1 aliphatic heterocycles. The molecule has 9 heteroatoms. The lowest BCUT2D eigenvalue weighted by Gasteiger charge is -2.30. The van der Waals surface area contributed by atoms with Gasteiger partial charge in [0.05, 0.1) is 11.3 Å². The van der Waals surface area contributed by atoms with Gasteiger partial charge in [0.25, 0.3) is 0 Å². The number of hydrogen-bond donors (Lipinski definition) is 1. The molecule has 1 fully saturated rings. The maximum atomic E-state index is 12.8. The summed E-state index contributed by atoms with van der Waals surface area (Å²) in [6.07, 6.45) is 1.35. The van der Waals surface area contributed by atoms with Crippen molar-refractivity contribution >= 4 is 21.9 Å². The topological polar surface area (TPSA) is 105 Å². The van der Waals surface area contributed by atoms with E-state index in [-0.39, 0.29) is 35.8 Å². The lowest BCUT2D eigenvalue weighted by molar-refractivity contribution is -0.121. The first-order valence-corrected chi connectivity index (χ1v) is 11.6. The first-order valence-electron chi connectivity index (χ1n) is 10.2. The van der Waals surface area contributed by atoms with Crippen molar-refractivity contribution in [1.82, 2.24) is 14.5 Å². The highest BCUT2D eigenvalue weighted by Gasteiger charge is 2.32. The van der Waals surface area contributed by atoms with Crippen molar-refractivity contribution in [1.29, 1.82) is 0 Å². The number of rotatable bonds is 6. The molecule has 162 valence electrons. The molecule has 3 aromatic rings. The Morgan fingerprint density at radius 2 is 1.74 bits per heavy atom. The summed E-state index contributed by atoms with van der Waals surface area (Å²) in [5.41, 5.74) is 2.04. The van der Waals surface area contributed by atoms with Crippen LogP contribution in [-0.2, 0) is 21.2 Å². The Hall–Kier alpha value is -3.04. The quantitative estimate of drug-likeness (QED) is 0.632. The Morgan fingerprint density at radius 1 is 1.06 bits per heavy atom. The van der Waals surface area contributed by atoms with Gasteiger partial charge in [-0.15, -0.1) is 5.10 Å². The van der Waals surface area contributed by atoms with Crippen LogP contribution in [0.4, 0.5) is 6.01 Å². The predicted molar refractivity (Wildman–Crippen MR) is 115 cm³/mol. The van der Waals surface area contributed by atoms with Crippen molar-refractivity contribution < 1.29 is 17.6 Å². The van der Waals surface area contributed by atoms with E-state index in [1.807, 2.05) is 37.3 Å². The number of benzene rings is 2. The van der Waals surface area contributed by atoms with Crippen molar-refractivity contribution in [2.75, 3.05) is 18.4 Å². The van der Waals surface area contributed by atoms with E-state index in [4.69, 9.17) is 4.42 Å². The van der Waals surface area contributed by atoms with Crippen LogP contribution in [0, 0.1) is 12.8 Å². The third-order valence-corrected chi connectivity index (χ3v) is 7.29. The third-order valence-electron chi connectivity index (χ3n) is 5.38. The highest BCUT2D eigenvalue weighted by molar-refractivity contribution is 7.89. The average molecular weight is 441 g/mol. The number of piperidine rings is 1. The van der Waals surface area contributed by atoms with E-state index >= 15 is 0 Å². The maximum Gasteiger partial charge on any atom is 0.322 e. The summed E-state index contributed by atoms with van der Waals surface area (Å²) in [5.74, 6) is -0.128. The molecule has 1 amide bonds. The lowest BCUT2D eigenvalue weighted by atomic mass is 9.97. The second-order valence-electron chi connectivity index (χ2n) is 7.64. The molecule has 2 heterocycles. The number of aryl methyl sites for hydroxylation is 1. The summed E-state index contributed by atoms with van der Waals surface area (Å²) in [5, 5.41) is 10.5. The van der Waals surface area contributed by atoms with Gasteiger partial charge in [-0.2, -0.15) is 4.31 Å². The standard InChI is InChI=1S/C22H24N4O4S/c1-16-7-9-19(10-8-16)31(28,29)26-13-11-18(12-14-26)21(27)23-22-25-24-20(30-22)15-17-5-3-2-4-6-17/h2-10,18H,11-15H2,1H3,(H,23,25,27).